The molecule has 0 aromatic heterocycles. The molecule has 0 aliphatic carbocycles. The first-order valence-corrected chi connectivity index (χ1v) is 4.72. The minimum absolute atomic E-state index is 0.194. The molecular formula is C12H16O. The lowest BCUT2D eigenvalue weighted by molar-refractivity contribution is 0.174. The Labute approximate surface area is 79.7 Å². The number of aliphatic hydroxyl groups excluding tert-OH is 1. The van der Waals surface area contributed by atoms with Crippen molar-refractivity contribution < 1.29 is 5.11 Å². The summed E-state index contributed by atoms with van der Waals surface area (Å²) in [4.78, 5) is 0. The standard InChI is InChI=1S/C12H16O/c1-2-12(13)10-6-9-11-7-4-3-5-8-11/h3-9,12-13H,2,10H2,1H3. The van der Waals surface area contributed by atoms with Gasteiger partial charge >= 0.3 is 0 Å². The minimum atomic E-state index is -0.194. The topological polar surface area (TPSA) is 20.2 Å². The van der Waals surface area contributed by atoms with Crippen molar-refractivity contribution in [3.05, 3.63) is 42.0 Å². The predicted octanol–water partition coefficient (Wildman–Crippen LogP) is 2.86. The molecule has 0 aliphatic rings. The Morgan fingerprint density at radius 3 is 2.62 bits per heavy atom. The fourth-order valence-corrected chi connectivity index (χ4v) is 1.09. The first-order chi connectivity index (χ1) is 6.33. The molecule has 70 valence electrons. The van der Waals surface area contributed by atoms with Crippen molar-refractivity contribution in [2.24, 2.45) is 0 Å². The molecule has 0 saturated heterocycles. The van der Waals surface area contributed by atoms with Gasteiger partial charge in [-0.1, -0.05) is 49.4 Å². The van der Waals surface area contributed by atoms with E-state index in [1.54, 1.807) is 0 Å². The number of aliphatic hydroxyl groups is 1. The SMILES string of the molecule is CCC(O)CC=Cc1ccccc1. The van der Waals surface area contributed by atoms with Crippen LogP contribution in [0, 0.1) is 0 Å². The lowest BCUT2D eigenvalue weighted by Crippen LogP contribution is -2.00. The Morgan fingerprint density at radius 1 is 1.31 bits per heavy atom. The van der Waals surface area contributed by atoms with E-state index in [-0.39, 0.29) is 6.10 Å². The van der Waals surface area contributed by atoms with E-state index < -0.39 is 0 Å². The van der Waals surface area contributed by atoms with Gasteiger partial charge in [-0.15, -0.1) is 0 Å². The van der Waals surface area contributed by atoms with Gasteiger partial charge in [0.2, 0.25) is 0 Å². The van der Waals surface area contributed by atoms with Crippen LogP contribution in [0.1, 0.15) is 25.3 Å². The third kappa shape index (κ3) is 3.90. The van der Waals surface area contributed by atoms with Crippen LogP contribution >= 0.6 is 0 Å². The van der Waals surface area contributed by atoms with Gasteiger partial charge in [0.15, 0.2) is 0 Å². The average Bonchev–Trinajstić information content (AvgIpc) is 2.19. The van der Waals surface area contributed by atoms with Crippen molar-refractivity contribution in [2.75, 3.05) is 0 Å². The molecular weight excluding hydrogens is 160 g/mol. The summed E-state index contributed by atoms with van der Waals surface area (Å²) in [6.07, 6.45) is 5.42. The molecule has 1 nitrogen and oxygen atoms in total. The van der Waals surface area contributed by atoms with Gasteiger partial charge < -0.3 is 5.11 Å². The molecule has 0 heterocycles. The minimum Gasteiger partial charge on any atom is -0.393 e. The summed E-state index contributed by atoms with van der Waals surface area (Å²) in [5.41, 5.74) is 1.19. The Morgan fingerprint density at radius 2 is 2.00 bits per heavy atom. The molecule has 13 heavy (non-hydrogen) atoms. The van der Waals surface area contributed by atoms with Crippen molar-refractivity contribution in [1.82, 2.24) is 0 Å². The van der Waals surface area contributed by atoms with E-state index in [9.17, 15) is 5.11 Å². The zero-order valence-electron chi connectivity index (χ0n) is 7.98. The summed E-state index contributed by atoms with van der Waals surface area (Å²) >= 11 is 0. The van der Waals surface area contributed by atoms with E-state index in [2.05, 4.69) is 12.1 Å². The van der Waals surface area contributed by atoms with E-state index in [1.165, 1.54) is 5.56 Å². The van der Waals surface area contributed by atoms with E-state index in [0.717, 1.165) is 12.8 Å². The van der Waals surface area contributed by atoms with Crippen LogP contribution in [0.2, 0.25) is 0 Å². The Balaban J connectivity index is 2.41. The van der Waals surface area contributed by atoms with Gasteiger partial charge in [-0.2, -0.15) is 0 Å². The summed E-state index contributed by atoms with van der Waals surface area (Å²) < 4.78 is 0. The first kappa shape index (κ1) is 10.0. The molecule has 0 aliphatic heterocycles. The quantitative estimate of drug-likeness (QED) is 0.748. The van der Waals surface area contributed by atoms with Gasteiger partial charge in [0, 0.05) is 0 Å². The molecule has 0 spiro atoms. The molecule has 1 aromatic carbocycles. The monoisotopic (exact) mass is 176 g/mol. The van der Waals surface area contributed by atoms with E-state index >= 15 is 0 Å². The first-order valence-electron chi connectivity index (χ1n) is 4.72. The van der Waals surface area contributed by atoms with Crippen LogP contribution in [0.4, 0.5) is 0 Å². The number of benzene rings is 1. The zero-order chi connectivity index (χ0) is 9.52. The van der Waals surface area contributed by atoms with Gasteiger partial charge in [0.05, 0.1) is 6.10 Å². The van der Waals surface area contributed by atoms with Crippen LogP contribution in [-0.4, -0.2) is 11.2 Å². The number of hydrogen-bond donors (Lipinski definition) is 1. The summed E-state index contributed by atoms with van der Waals surface area (Å²) in [6.45, 7) is 1.99. The Kier molecular flexibility index (Phi) is 4.27. The average molecular weight is 176 g/mol. The maximum Gasteiger partial charge on any atom is 0.0572 e. The van der Waals surface area contributed by atoms with Crippen molar-refractivity contribution in [3.63, 3.8) is 0 Å². The summed E-state index contributed by atoms with van der Waals surface area (Å²) in [7, 11) is 0. The van der Waals surface area contributed by atoms with Crippen LogP contribution in [0.3, 0.4) is 0 Å². The molecule has 0 amide bonds. The zero-order valence-corrected chi connectivity index (χ0v) is 7.98. The highest BCUT2D eigenvalue weighted by atomic mass is 16.3. The van der Waals surface area contributed by atoms with Crippen LogP contribution in [0.25, 0.3) is 6.08 Å². The van der Waals surface area contributed by atoms with E-state index in [1.807, 2.05) is 37.3 Å². The number of hydrogen-bond acceptors (Lipinski definition) is 1. The van der Waals surface area contributed by atoms with Crippen molar-refractivity contribution in [1.29, 1.82) is 0 Å². The second-order valence-corrected chi connectivity index (χ2v) is 3.11. The highest BCUT2D eigenvalue weighted by molar-refractivity contribution is 5.48. The molecule has 1 atom stereocenters. The second kappa shape index (κ2) is 5.55. The van der Waals surface area contributed by atoms with Gasteiger partial charge in [-0.25, -0.2) is 0 Å². The molecule has 1 unspecified atom stereocenters. The molecule has 1 heteroatoms. The molecule has 0 fully saturated rings. The van der Waals surface area contributed by atoms with Gasteiger partial charge in [0.25, 0.3) is 0 Å². The molecule has 1 N–H and O–H groups in total. The third-order valence-corrected chi connectivity index (χ3v) is 1.99. The number of rotatable bonds is 4. The molecule has 0 bridgehead atoms. The Bertz CT molecular complexity index is 251. The van der Waals surface area contributed by atoms with Gasteiger partial charge in [0.1, 0.15) is 0 Å². The van der Waals surface area contributed by atoms with Gasteiger partial charge in [-0.05, 0) is 18.4 Å². The van der Waals surface area contributed by atoms with Crippen LogP contribution in [0.5, 0.6) is 0 Å². The normalized spacial score (nSPS) is 13.4. The maximum atomic E-state index is 9.28. The Hall–Kier alpha value is -1.08. The maximum absolute atomic E-state index is 9.28. The fraction of sp³-hybridized carbons (Fsp3) is 0.333. The second-order valence-electron chi connectivity index (χ2n) is 3.11. The highest BCUT2D eigenvalue weighted by Gasteiger charge is 1.94. The predicted molar refractivity (Wildman–Crippen MR) is 56.4 cm³/mol. The van der Waals surface area contributed by atoms with Crippen LogP contribution < -0.4 is 0 Å². The van der Waals surface area contributed by atoms with E-state index in [4.69, 9.17) is 0 Å². The molecule has 0 saturated carbocycles. The summed E-state index contributed by atoms with van der Waals surface area (Å²) in [5.74, 6) is 0. The molecule has 0 radical (unpaired) electrons. The highest BCUT2D eigenvalue weighted by Crippen LogP contribution is 2.04. The van der Waals surface area contributed by atoms with Crippen LogP contribution in [0.15, 0.2) is 36.4 Å². The van der Waals surface area contributed by atoms with Gasteiger partial charge in [-0.3, -0.25) is 0 Å². The summed E-state index contributed by atoms with van der Waals surface area (Å²) in [5, 5.41) is 9.28. The third-order valence-electron chi connectivity index (χ3n) is 1.99. The van der Waals surface area contributed by atoms with Crippen LogP contribution in [-0.2, 0) is 0 Å². The van der Waals surface area contributed by atoms with Crippen molar-refractivity contribution in [3.8, 4) is 0 Å². The molecule has 1 rings (SSSR count). The fourth-order valence-electron chi connectivity index (χ4n) is 1.09. The lowest BCUT2D eigenvalue weighted by atomic mass is 10.1. The largest absolute Gasteiger partial charge is 0.393 e. The lowest BCUT2D eigenvalue weighted by Gasteiger charge is -2.01. The van der Waals surface area contributed by atoms with Crippen molar-refractivity contribution >= 4 is 6.08 Å². The van der Waals surface area contributed by atoms with E-state index in [0.29, 0.717) is 0 Å². The smallest absolute Gasteiger partial charge is 0.0572 e. The summed E-state index contributed by atoms with van der Waals surface area (Å²) in [6, 6.07) is 10.1. The van der Waals surface area contributed by atoms with Crippen molar-refractivity contribution in [2.45, 2.75) is 25.9 Å². The molecule has 1 aromatic rings.